The molecule has 0 aromatic heterocycles. The monoisotopic (exact) mass is 208 g/mol. The van der Waals surface area contributed by atoms with Crippen molar-refractivity contribution in [1.29, 1.82) is 0 Å². The molecule has 0 unspecified atom stereocenters. The molecule has 0 radical (unpaired) electrons. The van der Waals surface area contributed by atoms with Crippen LogP contribution in [0.25, 0.3) is 0 Å². The molecule has 0 rings (SSSR count). The zero-order chi connectivity index (χ0) is 5.21. The Balaban J connectivity index is -0.000000125. The second kappa shape index (κ2) is 7.10. The molecule has 0 aromatic rings. The molecule has 5 nitrogen and oxygen atoms in total. The summed E-state index contributed by atoms with van der Waals surface area (Å²) in [7, 11) is -4.86. The summed E-state index contributed by atoms with van der Waals surface area (Å²) in [5.74, 6) is 0. The van der Waals surface area contributed by atoms with Gasteiger partial charge in [0.25, 0.3) is 0 Å². The van der Waals surface area contributed by atoms with Crippen LogP contribution in [-0.2, 0) is 31.8 Å². The van der Waals surface area contributed by atoms with Crippen LogP contribution < -0.4 is 51.4 Å². The van der Waals surface area contributed by atoms with E-state index in [0.717, 1.165) is 0 Å². The van der Waals surface area contributed by atoms with E-state index in [1.165, 1.54) is 0 Å². The van der Waals surface area contributed by atoms with Crippen molar-refractivity contribution in [3.8, 4) is 0 Å². The number of hydrogen-bond acceptors (Lipinski definition) is 5. The maximum Gasteiger partial charge on any atom is 1.00 e. The van der Waals surface area contributed by atoms with Gasteiger partial charge in [-0.3, -0.25) is 0 Å². The molecule has 0 aliphatic carbocycles. The van der Waals surface area contributed by atoms with E-state index in [0.29, 0.717) is 0 Å². The second-order valence-electron chi connectivity index (χ2n) is 0.483. The SMILES string of the molecule is O=S(=O)([O-])OO.[Fe].[K+]. The summed E-state index contributed by atoms with van der Waals surface area (Å²) in [6.07, 6.45) is 0. The first kappa shape index (κ1) is 16.5. The van der Waals surface area contributed by atoms with Gasteiger partial charge >= 0.3 is 51.4 Å². The molecule has 0 saturated carbocycles. The molecule has 0 aliphatic rings. The standard InChI is InChI=1S/Fe.K.H2O5S/c;;1-5-6(2,3)4/h;;1H,(H,2,3,4)/q;+1;/p-1. The second-order valence-corrected chi connectivity index (χ2v) is 1.45. The third-order valence-electron chi connectivity index (χ3n) is 0.0913. The molecule has 0 atom stereocenters. The molecule has 8 heavy (non-hydrogen) atoms. The summed E-state index contributed by atoms with van der Waals surface area (Å²) in [4.78, 5) is 0. The van der Waals surface area contributed by atoms with Crippen LogP contribution in [-0.4, -0.2) is 18.2 Å². The molecule has 1 N–H and O–H groups in total. The third kappa shape index (κ3) is 15.7. The van der Waals surface area contributed by atoms with Gasteiger partial charge in [0.2, 0.25) is 10.4 Å². The molecule has 0 amide bonds. The minimum Gasteiger partial charge on any atom is -0.724 e. The fraction of sp³-hybridized carbons (Fsp3) is 0. The fourth-order valence-corrected chi connectivity index (χ4v) is 0. The largest absolute Gasteiger partial charge is 1.00 e. The van der Waals surface area contributed by atoms with Crippen molar-refractivity contribution in [1.82, 2.24) is 0 Å². The molecule has 0 aliphatic heterocycles. The molecule has 0 aromatic carbocycles. The number of hydrogen-bond donors (Lipinski definition) is 1. The summed E-state index contributed by atoms with van der Waals surface area (Å²) < 4.78 is 29.3. The molecule has 46 valence electrons. The van der Waals surface area contributed by atoms with Gasteiger partial charge in [0.15, 0.2) is 0 Å². The van der Waals surface area contributed by atoms with Crippen molar-refractivity contribution in [2.75, 3.05) is 0 Å². The van der Waals surface area contributed by atoms with Crippen LogP contribution in [0.5, 0.6) is 0 Å². The van der Waals surface area contributed by atoms with E-state index in [1.54, 1.807) is 0 Å². The smallest absolute Gasteiger partial charge is 0.724 e. The van der Waals surface area contributed by atoms with Gasteiger partial charge in [0, 0.05) is 17.1 Å². The topological polar surface area (TPSA) is 86.7 Å². The first-order valence-electron chi connectivity index (χ1n) is 0.849. The first-order valence-corrected chi connectivity index (χ1v) is 2.18. The Labute approximate surface area is 99.6 Å². The van der Waals surface area contributed by atoms with Crippen LogP contribution in [0.3, 0.4) is 0 Å². The predicted octanol–water partition coefficient (Wildman–Crippen LogP) is -4.06. The van der Waals surface area contributed by atoms with Crippen molar-refractivity contribution in [2.24, 2.45) is 0 Å². The molecular formula is HFeKO5S. The Morgan fingerprint density at radius 2 is 1.62 bits per heavy atom. The van der Waals surface area contributed by atoms with Gasteiger partial charge in [-0.1, -0.05) is 0 Å². The first-order chi connectivity index (χ1) is 2.56. The Kier molecular flexibility index (Phi) is 14.7. The van der Waals surface area contributed by atoms with Crippen molar-refractivity contribution in [3.05, 3.63) is 0 Å². The van der Waals surface area contributed by atoms with Crippen molar-refractivity contribution in [2.45, 2.75) is 0 Å². The molecular weight excluding hydrogens is 207 g/mol. The average molecular weight is 208 g/mol. The van der Waals surface area contributed by atoms with Crippen LogP contribution in [0, 0.1) is 0 Å². The van der Waals surface area contributed by atoms with E-state index in [4.69, 9.17) is 18.2 Å². The van der Waals surface area contributed by atoms with Gasteiger partial charge in [-0.15, -0.1) is 4.33 Å². The van der Waals surface area contributed by atoms with Crippen molar-refractivity contribution in [3.63, 3.8) is 0 Å². The van der Waals surface area contributed by atoms with E-state index in [-0.39, 0.29) is 68.5 Å². The fourth-order valence-electron chi connectivity index (χ4n) is 0. The summed E-state index contributed by atoms with van der Waals surface area (Å²) >= 11 is 0. The van der Waals surface area contributed by atoms with Crippen LogP contribution in [0.2, 0.25) is 0 Å². The quantitative estimate of drug-likeness (QED) is 0.156. The van der Waals surface area contributed by atoms with E-state index in [9.17, 15) is 0 Å². The molecule has 0 fully saturated rings. The summed E-state index contributed by atoms with van der Waals surface area (Å²) in [5.41, 5.74) is 0. The van der Waals surface area contributed by atoms with E-state index < -0.39 is 10.4 Å². The van der Waals surface area contributed by atoms with Gasteiger partial charge in [-0.2, -0.15) is 0 Å². The summed E-state index contributed by atoms with van der Waals surface area (Å²) in [6, 6.07) is 0. The zero-order valence-electron chi connectivity index (χ0n) is 3.84. The Morgan fingerprint density at radius 1 is 1.50 bits per heavy atom. The van der Waals surface area contributed by atoms with Gasteiger partial charge < -0.3 is 4.55 Å². The minimum absolute atomic E-state index is 0. The van der Waals surface area contributed by atoms with Crippen molar-refractivity contribution >= 4 is 10.4 Å². The van der Waals surface area contributed by atoms with Gasteiger partial charge in [0.1, 0.15) is 0 Å². The minimum atomic E-state index is -4.86. The number of rotatable bonds is 1. The maximum atomic E-state index is 8.97. The molecule has 0 heterocycles. The Bertz CT molecular complexity index is 114. The van der Waals surface area contributed by atoms with E-state index >= 15 is 0 Å². The van der Waals surface area contributed by atoms with Gasteiger partial charge in [-0.25, -0.2) is 13.7 Å². The maximum absolute atomic E-state index is 8.97. The van der Waals surface area contributed by atoms with Crippen LogP contribution in [0.1, 0.15) is 0 Å². The van der Waals surface area contributed by atoms with Crippen LogP contribution in [0.4, 0.5) is 0 Å². The molecule has 0 spiro atoms. The van der Waals surface area contributed by atoms with Crippen LogP contribution >= 0.6 is 0 Å². The normalized spacial score (nSPS) is 8.75. The summed E-state index contributed by atoms with van der Waals surface area (Å²) in [5, 5.41) is 7.00. The predicted molar refractivity (Wildman–Crippen MR) is 13.4 cm³/mol. The van der Waals surface area contributed by atoms with E-state index in [2.05, 4.69) is 4.33 Å². The van der Waals surface area contributed by atoms with Gasteiger partial charge in [-0.05, 0) is 0 Å². The average Bonchev–Trinajstić information content (AvgIpc) is 1.35. The van der Waals surface area contributed by atoms with E-state index in [1.807, 2.05) is 0 Å². The van der Waals surface area contributed by atoms with Crippen LogP contribution in [0.15, 0.2) is 0 Å². The molecule has 8 heteroatoms. The molecule has 0 bridgehead atoms. The Hall–Kier alpha value is 1.99. The summed E-state index contributed by atoms with van der Waals surface area (Å²) in [6.45, 7) is 0. The Morgan fingerprint density at radius 3 is 1.62 bits per heavy atom. The van der Waals surface area contributed by atoms with Crippen molar-refractivity contribution < 1.29 is 91.0 Å². The third-order valence-corrected chi connectivity index (χ3v) is 0.274. The zero-order valence-corrected chi connectivity index (χ0v) is 8.89. The van der Waals surface area contributed by atoms with Gasteiger partial charge in [0.05, 0.1) is 0 Å². The molecule has 0 saturated heterocycles.